The maximum atomic E-state index is 12.1. The second-order valence-corrected chi connectivity index (χ2v) is 5.54. The molecule has 3 rings (SSSR count). The van der Waals surface area contributed by atoms with Crippen molar-refractivity contribution < 1.29 is 14.0 Å². The second-order valence-electron chi connectivity index (χ2n) is 5.11. The number of nitrogens with zero attached hydrogens (tertiary/aromatic N) is 1. The number of nitrogens with one attached hydrogen (secondary N) is 2. The Morgan fingerprint density at radius 3 is 2.82 bits per heavy atom. The van der Waals surface area contributed by atoms with Crippen LogP contribution in [-0.2, 0) is 4.79 Å². The van der Waals surface area contributed by atoms with E-state index in [1.165, 1.54) is 0 Å². The first-order chi connectivity index (χ1) is 10.6. The van der Waals surface area contributed by atoms with Crippen molar-refractivity contribution in [2.75, 3.05) is 32.7 Å². The SMILES string of the molecule is O=C(NCC(=O)N1CCNCC1)c1cc2cc(Cl)ccc2o1. The van der Waals surface area contributed by atoms with Crippen LogP contribution in [0.2, 0.25) is 5.02 Å². The summed E-state index contributed by atoms with van der Waals surface area (Å²) < 4.78 is 5.46. The summed E-state index contributed by atoms with van der Waals surface area (Å²) in [6.45, 7) is 2.86. The Balaban J connectivity index is 1.61. The molecular weight excluding hydrogens is 306 g/mol. The molecule has 0 radical (unpaired) electrons. The zero-order valence-corrected chi connectivity index (χ0v) is 12.7. The number of amides is 2. The van der Waals surface area contributed by atoms with Crippen LogP contribution >= 0.6 is 11.6 Å². The number of hydrogen-bond acceptors (Lipinski definition) is 4. The average Bonchev–Trinajstić information content (AvgIpc) is 2.96. The molecule has 7 heteroatoms. The number of fused-ring (bicyclic) bond motifs is 1. The van der Waals surface area contributed by atoms with Gasteiger partial charge in [0, 0.05) is 36.6 Å². The molecule has 0 aliphatic carbocycles. The lowest BCUT2D eigenvalue weighted by Gasteiger charge is -2.27. The van der Waals surface area contributed by atoms with Gasteiger partial charge in [-0.15, -0.1) is 0 Å². The maximum absolute atomic E-state index is 12.1. The van der Waals surface area contributed by atoms with Crippen LogP contribution in [0.3, 0.4) is 0 Å². The number of hydrogen-bond donors (Lipinski definition) is 2. The highest BCUT2D eigenvalue weighted by atomic mass is 35.5. The third kappa shape index (κ3) is 3.23. The third-order valence-corrected chi connectivity index (χ3v) is 3.81. The number of carbonyl (C=O) groups excluding carboxylic acids is 2. The topological polar surface area (TPSA) is 74.6 Å². The molecule has 1 aliphatic heterocycles. The molecule has 0 atom stereocenters. The smallest absolute Gasteiger partial charge is 0.287 e. The molecule has 0 bridgehead atoms. The summed E-state index contributed by atoms with van der Waals surface area (Å²) in [5.41, 5.74) is 0.586. The Hall–Kier alpha value is -2.05. The molecule has 22 heavy (non-hydrogen) atoms. The van der Waals surface area contributed by atoms with E-state index in [9.17, 15) is 9.59 Å². The number of piperazine rings is 1. The number of carbonyl (C=O) groups is 2. The van der Waals surface area contributed by atoms with Gasteiger partial charge < -0.3 is 20.0 Å². The molecular formula is C15H16ClN3O3. The molecule has 1 aromatic heterocycles. The molecule has 0 spiro atoms. The molecule has 0 unspecified atom stereocenters. The Labute approximate surface area is 132 Å². The van der Waals surface area contributed by atoms with Crippen molar-refractivity contribution in [1.29, 1.82) is 0 Å². The van der Waals surface area contributed by atoms with Crippen molar-refractivity contribution in [2.45, 2.75) is 0 Å². The zero-order valence-electron chi connectivity index (χ0n) is 11.9. The van der Waals surface area contributed by atoms with E-state index in [2.05, 4.69) is 10.6 Å². The molecule has 2 amide bonds. The van der Waals surface area contributed by atoms with Crippen LogP contribution in [-0.4, -0.2) is 49.4 Å². The fourth-order valence-corrected chi connectivity index (χ4v) is 2.58. The fourth-order valence-electron chi connectivity index (χ4n) is 2.40. The predicted octanol–water partition coefficient (Wildman–Crippen LogP) is 1.25. The first-order valence-electron chi connectivity index (χ1n) is 7.09. The van der Waals surface area contributed by atoms with Gasteiger partial charge >= 0.3 is 0 Å². The summed E-state index contributed by atoms with van der Waals surface area (Å²) in [6.07, 6.45) is 0. The van der Waals surface area contributed by atoms with Crippen LogP contribution in [0.25, 0.3) is 11.0 Å². The van der Waals surface area contributed by atoms with Gasteiger partial charge in [0.2, 0.25) is 5.91 Å². The number of halogens is 1. The standard InChI is InChI=1S/C15H16ClN3O3/c16-11-1-2-12-10(7-11)8-13(22-12)15(21)18-9-14(20)19-5-3-17-4-6-19/h1-2,7-8,17H,3-6,9H2,(H,18,21). The Morgan fingerprint density at radius 1 is 1.27 bits per heavy atom. The lowest BCUT2D eigenvalue weighted by Crippen LogP contribution is -2.49. The lowest BCUT2D eigenvalue weighted by atomic mass is 10.2. The van der Waals surface area contributed by atoms with Crippen molar-refractivity contribution >= 4 is 34.4 Å². The van der Waals surface area contributed by atoms with E-state index in [0.29, 0.717) is 23.7 Å². The van der Waals surface area contributed by atoms with Crippen molar-refractivity contribution in [3.63, 3.8) is 0 Å². The van der Waals surface area contributed by atoms with E-state index in [4.69, 9.17) is 16.0 Å². The van der Waals surface area contributed by atoms with Crippen LogP contribution < -0.4 is 10.6 Å². The van der Waals surface area contributed by atoms with Crippen LogP contribution in [0.4, 0.5) is 0 Å². The minimum absolute atomic E-state index is 0.0311. The van der Waals surface area contributed by atoms with Crippen molar-refractivity contribution in [1.82, 2.24) is 15.5 Å². The first-order valence-corrected chi connectivity index (χ1v) is 7.47. The number of rotatable bonds is 3. The van der Waals surface area contributed by atoms with Gasteiger partial charge in [-0.2, -0.15) is 0 Å². The van der Waals surface area contributed by atoms with E-state index in [1.807, 2.05) is 0 Å². The van der Waals surface area contributed by atoms with Crippen molar-refractivity contribution in [3.05, 3.63) is 35.0 Å². The van der Waals surface area contributed by atoms with Gasteiger partial charge in [-0.1, -0.05) is 11.6 Å². The van der Waals surface area contributed by atoms with E-state index >= 15 is 0 Å². The molecule has 116 valence electrons. The van der Waals surface area contributed by atoms with Gasteiger partial charge in [0.15, 0.2) is 5.76 Å². The highest BCUT2D eigenvalue weighted by molar-refractivity contribution is 6.31. The molecule has 2 aromatic rings. The Morgan fingerprint density at radius 2 is 2.05 bits per heavy atom. The van der Waals surface area contributed by atoms with E-state index < -0.39 is 5.91 Å². The predicted molar refractivity (Wildman–Crippen MR) is 83.0 cm³/mol. The highest BCUT2D eigenvalue weighted by Gasteiger charge is 2.18. The average molecular weight is 322 g/mol. The molecule has 6 nitrogen and oxygen atoms in total. The number of furan rings is 1. The molecule has 0 saturated carbocycles. The minimum Gasteiger partial charge on any atom is -0.451 e. The minimum atomic E-state index is -0.407. The summed E-state index contributed by atoms with van der Waals surface area (Å²) in [6, 6.07) is 6.75. The quantitative estimate of drug-likeness (QED) is 0.892. The van der Waals surface area contributed by atoms with Gasteiger partial charge in [-0.3, -0.25) is 9.59 Å². The van der Waals surface area contributed by atoms with Crippen molar-refractivity contribution in [3.8, 4) is 0 Å². The van der Waals surface area contributed by atoms with Gasteiger partial charge in [-0.05, 0) is 24.3 Å². The molecule has 1 fully saturated rings. The van der Waals surface area contributed by atoms with E-state index in [1.54, 1.807) is 29.2 Å². The van der Waals surface area contributed by atoms with Gasteiger partial charge in [-0.25, -0.2) is 0 Å². The van der Waals surface area contributed by atoms with Gasteiger partial charge in [0.1, 0.15) is 5.58 Å². The maximum Gasteiger partial charge on any atom is 0.287 e. The van der Waals surface area contributed by atoms with E-state index in [-0.39, 0.29) is 18.2 Å². The first kappa shape index (κ1) is 14.9. The second kappa shape index (κ2) is 6.37. The molecule has 2 heterocycles. The summed E-state index contributed by atoms with van der Waals surface area (Å²) in [5.74, 6) is -0.324. The zero-order chi connectivity index (χ0) is 15.5. The molecule has 2 N–H and O–H groups in total. The van der Waals surface area contributed by atoms with Crippen LogP contribution in [0.1, 0.15) is 10.6 Å². The van der Waals surface area contributed by atoms with Crippen LogP contribution in [0, 0.1) is 0 Å². The van der Waals surface area contributed by atoms with Crippen LogP contribution in [0.5, 0.6) is 0 Å². The van der Waals surface area contributed by atoms with Crippen LogP contribution in [0.15, 0.2) is 28.7 Å². The third-order valence-electron chi connectivity index (χ3n) is 3.57. The largest absolute Gasteiger partial charge is 0.451 e. The molecule has 1 aromatic carbocycles. The van der Waals surface area contributed by atoms with Gasteiger partial charge in [0.05, 0.1) is 6.54 Å². The summed E-state index contributed by atoms with van der Waals surface area (Å²) in [5, 5.41) is 7.10. The lowest BCUT2D eigenvalue weighted by molar-refractivity contribution is -0.130. The van der Waals surface area contributed by atoms with E-state index in [0.717, 1.165) is 18.5 Å². The summed E-state index contributed by atoms with van der Waals surface area (Å²) in [4.78, 5) is 25.8. The molecule has 1 saturated heterocycles. The monoisotopic (exact) mass is 321 g/mol. The van der Waals surface area contributed by atoms with Crippen molar-refractivity contribution in [2.24, 2.45) is 0 Å². The summed E-state index contributed by atoms with van der Waals surface area (Å²) in [7, 11) is 0. The normalized spacial score (nSPS) is 15.0. The summed E-state index contributed by atoms with van der Waals surface area (Å²) >= 11 is 5.90. The fraction of sp³-hybridized carbons (Fsp3) is 0.333. The Bertz CT molecular complexity index is 707. The number of benzene rings is 1. The molecule has 1 aliphatic rings. The highest BCUT2D eigenvalue weighted by Crippen LogP contribution is 2.22. The Kier molecular flexibility index (Phi) is 4.31. The van der Waals surface area contributed by atoms with Gasteiger partial charge in [0.25, 0.3) is 5.91 Å².